The number of benzene rings is 4. The molecular formula is C49H59F3N4O7. The van der Waals surface area contributed by atoms with Crippen LogP contribution in [0.15, 0.2) is 108 Å². The molecule has 1 fully saturated rings. The number of alkyl halides is 3. The maximum Gasteiger partial charge on any atom is 0.430 e. The smallest absolute Gasteiger partial charge is 0.430 e. The first kappa shape index (κ1) is 48.3. The number of pyridine rings is 1. The summed E-state index contributed by atoms with van der Waals surface area (Å²) in [5.74, 6) is -2.42. The number of amides is 1. The van der Waals surface area contributed by atoms with E-state index in [0.29, 0.717) is 24.4 Å². The number of piperidine rings is 1. The normalized spacial score (nSPS) is 14.3. The summed E-state index contributed by atoms with van der Waals surface area (Å²) in [6.45, 7) is 3.68. The van der Waals surface area contributed by atoms with Gasteiger partial charge in [0.2, 0.25) is 5.56 Å². The number of nitrogens with zero attached hydrogens (tertiary/aromatic N) is 1. The molecule has 0 spiro atoms. The summed E-state index contributed by atoms with van der Waals surface area (Å²) in [4.78, 5) is 36.9. The van der Waals surface area contributed by atoms with Crippen molar-refractivity contribution in [3.8, 4) is 16.9 Å². The molecule has 1 aliphatic heterocycles. The fourth-order valence-electron chi connectivity index (χ4n) is 7.58. The molecular weight excluding hydrogens is 814 g/mol. The van der Waals surface area contributed by atoms with Gasteiger partial charge < -0.3 is 39.3 Å². The molecule has 11 nitrogen and oxygen atoms in total. The number of halogens is 3. The van der Waals surface area contributed by atoms with Crippen molar-refractivity contribution in [1.29, 1.82) is 0 Å². The fourth-order valence-corrected chi connectivity index (χ4v) is 7.58. The number of aromatic amines is 1. The van der Waals surface area contributed by atoms with Crippen molar-refractivity contribution in [1.82, 2.24) is 10.3 Å². The molecule has 338 valence electrons. The van der Waals surface area contributed by atoms with Crippen LogP contribution in [0.4, 0.5) is 23.7 Å². The van der Waals surface area contributed by atoms with E-state index in [2.05, 4.69) is 60.0 Å². The number of carbonyl (C=O) groups is 2. The summed E-state index contributed by atoms with van der Waals surface area (Å²) < 4.78 is 44.4. The summed E-state index contributed by atoms with van der Waals surface area (Å²) in [5, 5.41) is 27.1. The third-order valence-corrected chi connectivity index (χ3v) is 11.2. The molecule has 0 bridgehead atoms. The number of aliphatic hydroxyl groups excluding tert-OH is 1. The number of aliphatic hydroxyl groups is 1. The predicted molar refractivity (Wildman–Crippen MR) is 237 cm³/mol. The van der Waals surface area contributed by atoms with E-state index in [1.165, 1.54) is 37.3 Å². The Bertz CT molecular complexity index is 2260. The predicted octanol–water partition coefficient (Wildman–Crippen LogP) is 8.46. The van der Waals surface area contributed by atoms with Gasteiger partial charge in [0.1, 0.15) is 24.4 Å². The zero-order chi connectivity index (χ0) is 45.2. The Morgan fingerprint density at radius 3 is 2.14 bits per heavy atom. The molecule has 0 unspecified atom stereocenters. The number of ether oxygens (including phenoxy) is 2. The number of unbranched alkanes of at least 4 members (excludes halogenated alkanes) is 6. The maximum absolute atomic E-state index is 13.0. The van der Waals surface area contributed by atoms with E-state index in [4.69, 9.17) is 19.4 Å². The number of anilines is 1. The fraction of sp³-hybridized carbons (Fsp3) is 0.408. The van der Waals surface area contributed by atoms with Crippen molar-refractivity contribution in [3.05, 3.63) is 130 Å². The molecule has 4 N–H and O–H groups in total. The van der Waals surface area contributed by atoms with E-state index in [-0.39, 0.29) is 17.8 Å². The van der Waals surface area contributed by atoms with Gasteiger partial charge in [0.25, 0.3) is 0 Å². The van der Waals surface area contributed by atoms with Crippen LogP contribution in [0.1, 0.15) is 80.6 Å². The number of aliphatic carboxylic acids is 1. The van der Waals surface area contributed by atoms with E-state index in [1.807, 2.05) is 60.7 Å². The molecule has 0 saturated carbocycles. The molecule has 0 radical (unpaired) electrons. The number of rotatable bonds is 19. The SMILES string of the molecule is C[N+]1(C)CCC(OC(=O)Nc2cc(CCCCCCCCCNC[C@H](O)c3ccc(OCc4ccccc4)c4[nH]c(=O)ccc34)ccc2-c2ccccc2)CC1.O=C([O-])C(F)(F)F. The first-order chi connectivity index (χ1) is 30.2. The number of H-pyrrole nitrogens is 1. The number of fused-ring (bicyclic) bond motifs is 1. The third kappa shape index (κ3) is 15.9. The van der Waals surface area contributed by atoms with Gasteiger partial charge in [-0.1, -0.05) is 111 Å². The number of likely N-dealkylation sites (tertiary alicyclic amines) is 1. The molecule has 14 heteroatoms. The van der Waals surface area contributed by atoms with Crippen LogP contribution in [0, 0.1) is 0 Å². The molecule has 0 aliphatic carbocycles. The van der Waals surface area contributed by atoms with Crippen LogP contribution in [0.3, 0.4) is 0 Å². The molecule has 1 amide bonds. The van der Waals surface area contributed by atoms with Crippen molar-refractivity contribution < 1.29 is 46.9 Å². The number of hydrogen-bond acceptors (Lipinski definition) is 8. The average molecular weight is 873 g/mol. The van der Waals surface area contributed by atoms with E-state index in [0.717, 1.165) is 96.0 Å². The Morgan fingerprint density at radius 1 is 0.841 bits per heavy atom. The molecule has 1 aromatic heterocycles. The van der Waals surface area contributed by atoms with Gasteiger partial charge in [0, 0.05) is 36.4 Å². The Balaban J connectivity index is 0.000000985. The van der Waals surface area contributed by atoms with Crippen LogP contribution in [0.25, 0.3) is 22.0 Å². The van der Waals surface area contributed by atoms with Gasteiger partial charge in [-0.2, -0.15) is 13.2 Å². The van der Waals surface area contributed by atoms with Crippen LogP contribution in [-0.2, 0) is 22.6 Å². The molecule has 1 aliphatic rings. The first-order valence-electron chi connectivity index (χ1n) is 21.7. The molecule has 1 atom stereocenters. The van der Waals surface area contributed by atoms with E-state index < -0.39 is 18.2 Å². The minimum atomic E-state index is -5.19. The molecule has 4 aromatic carbocycles. The molecule has 6 rings (SSSR count). The summed E-state index contributed by atoms with van der Waals surface area (Å²) in [6.07, 6.45) is 4.49. The Hall–Kier alpha value is -5.70. The number of carboxylic acid groups (broad SMARTS) is 1. The highest BCUT2D eigenvalue weighted by molar-refractivity contribution is 5.92. The van der Waals surface area contributed by atoms with Gasteiger partial charge in [0.15, 0.2) is 0 Å². The largest absolute Gasteiger partial charge is 0.542 e. The highest BCUT2D eigenvalue weighted by atomic mass is 19.4. The quantitative estimate of drug-likeness (QED) is 0.0477. The lowest BCUT2D eigenvalue weighted by Gasteiger charge is -2.36. The minimum absolute atomic E-state index is 0.0367. The molecule has 5 aromatic rings. The number of carboxylic acids is 1. The minimum Gasteiger partial charge on any atom is -0.542 e. The number of nitrogens with one attached hydrogen (secondary N) is 3. The Labute approximate surface area is 366 Å². The van der Waals surface area contributed by atoms with Crippen molar-refractivity contribution >= 4 is 28.7 Å². The van der Waals surface area contributed by atoms with Gasteiger partial charge in [-0.25, -0.2) is 4.79 Å². The summed E-state index contributed by atoms with van der Waals surface area (Å²) >= 11 is 0. The van der Waals surface area contributed by atoms with Gasteiger partial charge in [-0.3, -0.25) is 10.1 Å². The second-order valence-electron chi connectivity index (χ2n) is 16.6. The molecule has 1 saturated heterocycles. The monoisotopic (exact) mass is 872 g/mol. The number of carbonyl (C=O) groups excluding carboxylic acids is 2. The lowest BCUT2D eigenvalue weighted by molar-refractivity contribution is -0.896. The van der Waals surface area contributed by atoms with Crippen molar-refractivity contribution in [2.75, 3.05) is 45.6 Å². The van der Waals surface area contributed by atoms with E-state index in [9.17, 15) is 27.9 Å². The van der Waals surface area contributed by atoms with Crippen molar-refractivity contribution in [3.63, 3.8) is 0 Å². The second kappa shape index (κ2) is 23.7. The van der Waals surface area contributed by atoms with Crippen LogP contribution in [-0.4, -0.2) is 79.2 Å². The number of quaternary nitrogens is 1. The lowest BCUT2D eigenvalue weighted by atomic mass is 9.98. The second-order valence-corrected chi connectivity index (χ2v) is 16.6. The Kier molecular flexibility index (Phi) is 18.2. The molecule has 2 heterocycles. The zero-order valence-electron chi connectivity index (χ0n) is 36.1. The van der Waals surface area contributed by atoms with Gasteiger partial charge >= 0.3 is 12.3 Å². The first-order valence-corrected chi connectivity index (χ1v) is 21.7. The third-order valence-electron chi connectivity index (χ3n) is 11.2. The van der Waals surface area contributed by atoms with Gasteiger partial charge in [0.05, 0.1) is 44.5 Å². The highest BCUT2D eigenvalue weighted by Crippen LogP contribution is 2.32. The van der Waals surface area contributed by atoms with Crippen LogP contribution in [0.2, 0.25) is 0 Å². The number of aryl methyl sites for hydroxylation is 1. The van der Waals surface area contributed by atoms with Crippen LogP contribution < -0.4 is 26.0 Å². The number of aromatic nitrogens is 1. The maximum atomic E-state index is 13.0. The number of hydrogen-bond donors (Lipinski definition) is 4. The zero-order valence-corrected chi connectivity index (χ0v) is 36.1. The topological polar surface area (TPSA) is 153 Å². The van der Waals surface area contributed by atoms with Crippen LogP contribution in [0.5, 0.6) is 5.75 Å². The van der Waals surface area contributed by atoms with Gasteiger partial charge in [-0.05, 0) is 66.3 Å². The lowest BCUT2D eigenvalue weighted by Crippen LogP contribution is -2.48. The standard InChI is InChI=1S/C47H58N4O5.C2HF3O2/c1-51(2)30-27-38(28-31-51)56-47(54)49-42-32-35(21-22-39(42)37-19-13-9-14-20-37)16-10-6-4-3-5-7-15-29-48-33-43(52)40-23-25-44(46-41(40)24-26-45(53)50-46)55-34-36-17-11-8-12-18-36;3-2(4,5)1(6)7/h8-9,11-14,17-26,32,38,43,48,52H,3-7,10,15-16,27-31,33-34H2,1-2H3,(H-,49,50,53,54);(H,6,7)/t43-;/m0./s1. The Morgan fingerprint density at radius 2 is 1.48 bits per heavy atom. The summed E-state index contributed by atoms with van der Waals surface area (Å²) in [6, 6.07) is 33.5. The van der Waals surface area contributed by atoms with E-state index in [1.54, 1.807) is 6.07 Å². The van der Waals surface area contributed by atoms with Gasteiger partial charge in [-0.15, -0.1) is 0 Å². The summed E-state index contributed by atoms with van der Waals surface area (Å²) in [5.41, 5.74) is 6.29. The molecule has 63 heavy (non-hydrogen) atoms. The average Bonchev–Trinajstić information content (AvgIpc) is 3.26. The van der Waals surface area contributed by atoms with Crippen LogP contribution >= 0.6 is 0 Å². The highest BCUT2D eigenvalue weighted by Gasteiger charge is 2.29. The van der Waals surface area contributed by atoms with Crippen molar-refractivity contribution in [2.45, 2.75) is 89.2 Å². The van der Waals surface area contributed by atoms with E-state index >= 15 is 0 Å². The van der Waals surface area contributed by atoms with Crippen molar-refractivity contribution in [2.24, 2.45) is 0 Å². The summed E-state index contributed by atoms with van der Waals surface area (Å²) in [7, 11) is 4.45.